The number of esters is 1. The minimum atomic E-state index is -0.301. The van der Waals surface area contributed by atoms with Crippen molar-refractivity contribution in [2.45, 2.75) is 20.3 Å². The van der Waals surface area contributed by atoms with E-state index < -0.39 is 0 Å². The first kappa shape index (κ1) is 14.8. The van der Waals surface area contributed by atoms with E-state index in [0.29, 0.717) is 23.7 Å². The topological polar surface area (TPSA) is 77.2 Å². The van der Waals surface area contributed by atoms with Crippen molar-refractivity contribution in [3.05, 3.63) is 47.7 Å². The number of ether oxygens (including phenoxy) is 1. The van der Waals surface area contributed by atoms with Gasteiger partial charge in [-0.25, -0.2) is 9.78 Å². The third kappa shape index (κ3) is 3.95. The van der Waals surface area contributed by atoms with Crippen LogP contribution in [0.5, 0.6) is 0 Å². The van der Waals surface area contributed by atoms with E-state index in [9.17, 15) is 4.79 Å². The summed E-state index contributed by atoms with van der Waals surface area (Å²) in [7, 11) is 0. The molecule has 0 saturated carbocycles. The molecule has 0 radical (unpaired) electrons. The van der Waals surface area contributed by atoms with Crippen LogP contribution < -0.4 is 11.1 Å². The fourth-order valence-corrected chi connectivity index (χ4v) is 1.76. The lowest BCUT2D eigenvalue weighted by Crippen LogP contribution is -2.05. The quantitative estimate of drug-likeness (QED) is 0.824. The standard InChI is InChI=1S/C16H19N3O2/c1-3-10-21-16(20)12-4-6-13(7-5-12)19-15-9-8-14(17)11(2)18-15/h4-9H,3,10,17H2,1-2H3,(H,18,19). The highest BCUT2D eigenvalue weighted by Gasteiger charge is 2.06. The molecule has 0 unspecified atom stereocenters. The Kier molecular flexibility index (Phi) is 4.77. The van der Waals surface area contributed by atoms with Crippen molar-refractivity contribution in [3.8, 4) is 0 Å². The van der Waals surface area contributed by atoms with E-state index in [1.165, 1.54) is 0 Å². The molecule has 2 rings (SSSR count). The molecule has 1 aromatic carbocycles. The second-order valence-corrected chi connectivity index (χ2v) is 4.71. The number of hydrogen-bond acceptors (Lipinski definition) is 5. The Hall–Kier alpha value is -2.56. The average Bonchev–Trinajstić information content (AvgIpc) is 2.49. The molecule has 0 bridgehead atoms. The van der Waals surface area contributed by atoms with Gasteiger partial charge in [0, 0.05) is 5.69 Å². The molecular formula is C16H19N3O2. The van der Waals surface area contributed by atoms with Crippen molar-refractivity contribution in [3.63, 3.8) is 0 Å². The van der Waals surface area contributed by atoms with Crippen molar-refractivity contribution in [1.82, 2.24) is 4.98 Å². The van der Waals surface area contributed by atoms with Crippen LogP contribution in [0, 0.1) is 6.92 Å². The summed E-state index contributed by atoms with van der Waals surface area (Å²) >= 11 is 0. The molecule has 0 aliphatic heterocycles. The largest absolute Gasteiger partial charge is 0.462 e. The van der Waals surface area contributed by atoms with Gasteiger partial charge >= 0.3 is 5.97 Å². The zero-order valence-corrected chi connectivity index (χ0v) is 12.2. The second-order valence-electron chi connectivity index (χ2n) is 4.71. The fourth-order valence-electron chi connectivity index (χ4n) is 1.76. The lowest BCUT2D eigenvalue weighted by atomic mass is 10.2. The molecule has 3 N–H and O–H groups in total. The number of nitrogens with zero attached hydrogens (tertiary/aromatic N) is 1. The molecule has 1 aromatic heterocycles. The number of benzene rings is 1. The average molecular weight is 285 g/mol. The van der Waals surface area contributed by atoms with Gasteiger partial charge in [-0.05, 0) is 49.7 Å². The summed E-state index contributed by atoms with van der Waals surface area (Å²) in [5.74, 6) is 0.410. The Morgan fingerprint density at radius 3 is 2.57 bits per heavy atom. The van der Waals surface area contributed by atoms with Crippen molar-refractivity contribution in [2.75, 3.05) is 17.7 Å². The van der Waals surface area contributed by atoms with Gasteiger partial charge in [0.15, 0.2) is 0 Å². The summed E-state index contributed by atoms with van der Waals surface area (Å²) in [6.45, 7) is 4.25. The van der Waals surface area contributed by atoms with Gasteiger partial charge in [0.1, 0.15) is 5.82 Å². The summed E-state index contributed by atoms with van der Waals surface area (Å²) in [4.78, 5) is 16.0. The Bertz CT molecular complexity index is 624. The predicted octanol–water partition coefficient (Wildman–Crippen LogP) is 3.28. The molecular weight excluding hydrogens is 266 g/mol. The fraction of sp³-hybridized carbons (Fsp3) is 0.250. The van der Waals surface area contributed by atoms with Gasteiger partial charge in [-0.1, -0.05) is 6.92 Å². The number of nitrogen functional groups attached to an aromatic ring is 1. The van der Waals surface area contributed by atoms with Gasteiger partial charge in [-0.2, -0.15) is 0 Å². The maximum atomic E-state index is 11.7. The van der Waals surface area contributed by atoms with E-state index in [1.54, 1.807) is 18.2 Å². The Morgan fingerprint density at radius 2 is 1.95 bits per heavy atom. The molecule has 0 aliphatic rings. The van der Waals surface area contributed by atoms with Gasteiger partial charge < -0.3 is 15.8 Å². The maximum Gasteiger partial charge on any atom is 0.338 e. The number of nitrogens with one attached hydrogen (secondary N) is 1. The van der Waals surface area contributed by atoms with Crippen molar-refractivity contribution < 1.29 is 9.53 Å². The summed E-state index contributed by atoms with van der Waals surface area (Å²) in [5.41, 5.74) is 8.56. The van der Waals surface area contributed by atoms with Gasteiger partial charge in [-0.15, -0.1) is 0 Å². The first-order valence-electron chi connectivity index (χ1n) is 6.87. The van der Waals surface area contributed by atoms with E-state index in [4.69, 9.17) is 10.5 Å². The van der Waals surface area contributed by atoms with Crippen LogP contribution in [0.3, 0.4) is 0 Å². The third-order valence-corrected chi connectivity index (χ3v) is 2.96. The minimum Gasteiger partial charge on any atom is -0.462 e. The van der Waals surface area contributed by atoms with Crippen LogP contribution in [0.15, 0.2) is 36.4 Å². The number of pyridine rings is 1. The maximum absolute atomic E-state index is 11.7. The van der Waals surface area contributed by atoms with Crippen LogP contribution in [0.25, 0.3) is 0 Å². The Labute approximate surface area is 124 Å². The summed E-state index contributed by atoms with van der Waals surface area (Å²) in [5, 5.41) is 3.16. The molecule has 0 saturated heterocycles. The molecule has 5 heteroatoms. The van der Waals surface area contributed by atoms with E-state index in [0.717, 1.165) is 17.8 Å². The monoisotopic (exact) mass is 285 g/mol. The molecule has 5 nitrogen and oxygen atoms in total. The minimum absolute atomic E-state index is 0.301. The second kappa shape index (κ2) is 6.74. The number of carbonyl (C=O) groups is 1. The lowest BCUT2D eigenvalue weighted by molar-refractivity contribution is 0.0505. The highest BCUT2D eigenvalue weighted by Crippen LogP contribution is 2.18. The molecule has 21 heavy (non-hydrogen) atoms. The van der Waals surface area contributed by atoms with Gasteiger partial charge in [0.25, 0.3) is 0 Å². The van der Waals surface area contributed by atoms with Crippen molar-refractivity contribution in [2.24, 2.45) is 0 Å². The lowest BCUT2D eigenvalue weighted by Gasteiger charge is -2.08. The normalized spacial score (nSPS) is 10.2. The Balaban J connectivity index is 2.05. The first-order chi connectivity index (χ1) is 10.1. The number of aromatic nitrogens is 1. The predicted molar refractivity (Wildman–Crippen MR) is 83.7 cm³/mol. The van der Waals surface area contributed by atoms with Gasteiger partial charge in [0.05, 0.1) is 23.6 Å². The van der Waals surface area contributed by atoms with E-state index in [2.05, 4.69) is 10.3 Å². The number of rotatable bonds is 5. The van der Waals surface area contributed by atoms with Gasteiger partial charge in [0.2, 0.25) is 0 Å². The highest BCUT2D eigenvalue weighted by molar-refractivity contribution is 5.89. The first-order valence-corrected chi connectivity index (χ1v) is 6.87. The van der Waals surface area contributed by atoms with E-state index >= 15 is 0 Å². The molecule has 1 heterocycles. The molecule has 110 valence electrons. The van der Waals surface area contributed by atoms with Crippen LogP contribution in [0.1, 0.15) is 29.4 Å². The van der Waals surface area contributed by atoms with Crippen LogP contribution in [0.4, 0.5) is 17.2 Å². The van der Waals surface area contributed by atoms with Crippen molar-refractivity contribution >= 4 is 23.2 Å². The van der Waals surface area contributed by atoms with Crippen LogP contribution in [-0.4, -0.2) is 17.6 Å². The Morgan fingerprint density at radius 1 is 1.24 bits per heavy atom. The number of aryl methyl sites for hydroxylation is 1. The van der Waals surface area contributed by atoms with Crippen LogP contribution >= 0.6 is 0 Å². The number of carbonyl (C=O) groups excluding carboxylic acids is 1. The van der Waals surface area contributed by atoms with Crippen LogP contribution in [-0.2, 0) is 4.74 Å². The molecule has 0 aliphatic carbocycles. The zero-order chi connectivity index (χ0) is 15.2. The smallest absolute Gasteiger partial charge is 0.338 e. The number of hydrogen-bond donors (Lipinski definition) is 2. The third-order valence-electron chi connectivity index (χ3n) is 2.96. The summed E-state index contributed by atoms with van der Waals surface area (Å²) in [6, 6.07) is 10.7. The molecule has 0 atom stereocenters. The van der Waals surface area contributed by atoms with Gasteiger partial charge in [-0.3, -0.25) is 0 Å². The highest BCUT2D eigenvalue weighted by atomic mass is 16.5. The van der Waals surface area contributed by atoms with E-state index in [1.807, 2.05) is 32.0 Å². The molecule has 0 spiro atoms. The van der Waals surface area contributed by atoms with Crippen molar-refractivity contribution in [1.29, 1.82) is 0 Å². The number of nitrogens with two attached hydrogens (primary N) is 1. The molecule has 0 amide bonds. The SMILES string of the molecule is CCCOC(=O)c1ccc(Nc2ccc(N)c(C)n2)cc1. The number of anilines is 3. The summed E-state index contributed by atoms with van der Waals surface area (Å²) < 4.78 is 5.08. The van der Waals surface area contributed by atoms with E-state index in [-0.39, 0.29) is 5.97 Å². The summed E-state index contributed by atoms with van der Waals surface area (Å²) in [6.07, 6.45) is 0.813. The zero-order valence-electron chi connectivity index (χ0n) is 12.2. The van der Waals surface area contributed by atoms with Crippen LogP contribution in [0.2, 0.25) is 0 Å². The molecule has 0 fully saturated rings. The molecule has 2 aromatic rings.